The van der Waals surface area contributed by atoms with Gasteiger partial charge in [0.2, 0.25) is 0 Å². The van der Waals surface area contributed by atoms with Gasteiger partial charge in [-0.25, -0.2) is 0 Å². The lowest BCUT2D eigenvalue weighted by Gasteiger charge is -2.12. The summed E-state index contributed by atoms with van der Waals surface area (Å²) in [6.45, 7) is 3.10. The maximum Gasteiger partial charge on any atom is 0.0735 e. The second-order valence-electron chi connectivity index (χ2n) is 4.94. The van der Waals surface area contributed by atoms with E-state index in [-0.39, 0.29) is 0 Å². The number of rotatable bonds is 3. The fourth-order valence-electron chi connectivity index (χ4n) is 2.94. The molecule has 2 unspecified atom stereocenters. The molecule has 2 aliphatic rings. The summed E-state index contributed by atoms with van der Waals surface area (Å²) in [6.07, 6.45) is 6.62. The van der Waals surface area contributed by atoms with Gasteiger partial charge in [0.15, 0.2) is 0 Å². The molecule has 1 aliphatic heterocycles. The van der Waals surface area contributed by atoms with Gasteiger partial charge < -0.3 is 10.1 Å². The summed E-state index contributed by atoms with van der Waals surface area (Å²) in [5.41, 5.74) is 1.18. The van der Waals surface area contributed by atoms with Gasteiger partial charge in [0.1, 0.15) is 0 Å². The molecule has 1 aliphatic carbocycles. The van der Waals surface area contributed by atoms with Crippen molar-refractivity contribution in [2.24, 2.45) is 11.8 Å². The van der Waals surface area contributed by atoms with Crippen LogP contribution >= 0.6 is 0 Å². The SMILES string of the molecule is c1cncc(COC2CC3CNCC3C2)c1. The van der Waals surface area contributed by atoms with Crippen molar-refractivity contribution in [3.05, 3.63) is 30.1 Å². The molecule has 0 radical (unpaired) electrons. The molecule has 1 saturated heterocycles. The summed E-state index contributed by atoms with van der Waals surface area (Å²) in [5, 5.41) is 3.45. The van der Waals surface area contributed by atoms with E-state index in [4.69, 9.17) is 4.74 Å². The van der Waals surface area contributed by atoms with Crippen molar-refractivity contribution < 1.29 is 4.74 Å². The van der Waals surface area contributed by atoms with Gasteiger partial charge in [-0.15, -0.1) is 0 Å². The van der Waals surface area contributed by atoms with Gasteiger partial charge in [-0.3, -0.25) is 4.98 Å². The molecular formula is C13H18N2O. The molecule has 0 bridgehead atoms. The number of nitrogens with zero attached hydrogens (tertiary/aromatic N) is 1. The Morgan fingerprint density at radius 1 is 1.31 bits per heavy atom. The smallest absolute Gasteiger partial charge is 0.0735 e. The Kier molecular flexibility index (Phi) is 2.89. The fourth-order valence-corrected chi connectivity index (χ4v) is 2.94. The van der Waals surface area contributed by atoms with Crippen molar-refractivity contribution in [3.63, 3.8) is 0 Å². The molecule has 0 aromatic carbocycles. The third-order valence-electron chi connectivity index (χ3n) is 3.82. The number of aromatic nitrogens is 1. The van der Waals surface area contributed by atoms with Crippen LogP contribution in [0.2, 0.25) is 0 Å². The third kappa shape index (κ3) is 2.11. The van der Waals surface area contributed by atoms with Gasteiger partial charge in [-0.05, 0) is 49.4 Å². The minimum absolute atomic E-state index is 0.470. The summed E-state index contributed by atoms with van der Waals surface area (Å²) >= 11 is 0. The van der Waals surface area contributed by atoms with E-state index in [2.05, 4.69) is 16.4 Å². The highest BCUT2D eigenvalue weighted by Gasteiger charge is 2.37. The van der Waals surface area contributed by atoms with Crippen LogP contribution in [0.25, 0.3) is 0 Å². The zero-order valence-electron chi connectivity index (χ0n) is 9.43. The number of pyridine rings is 1. The van der Waals surface area contributed by atoms with Gasteiger partial charge in [0.05, 0.1) is 12.7 Å². The molecule has 16 heavy (non-hydrogen) atoms. The Balaban J connectivity index is 1.50. The summed E-state index contributed by atoms with van der Waals surface area (Å²) < 4.78 is 5.96. The molecule has 2 heterocycles. The maximum absolute atomic E-state index is 5.96. The average Bonchev–Trinajstić information content (AvgIpc) is 2.88. The zero-order chi connectivity index (χ0) is 10.8. The van der Waals surface area contributed by atoms with Crippen molar-refractivity contribution in [1.82, 2.24) is 10.3 Å². The Bertz CT molecular complexity index is 329. The Morgan fingerprint density at radius 3 is 2.81 bits per heavy atom. The molecule has 0 amide bonds. The largest absolute Gasteiger partial charge is 0.373 e. The normalized spacial score (nSPS) is 32.9. The first-order chi connectivity index (χ1) is 7.92. The quantitative estimate of drug-likeness (QED) is 0.836. The van der Waals surface area contributed by atoms with Crippen molar-refractivity contribution in [2.45, 2.75) is 25.6 Å². The second kappa shape index (κ2) is 4.52. The molecule has 1 saturated carbocycles. The Hall–Kier alpha value is -0.930. The van der Waals surface area contributed by atoms with Crippen LogP contribution in [0.1, 0.15) is 18.4 Å². The standard InChI is InChI=1S/C13H18N2O/c1-2-10(6-14-3-1)9-16-13-4-11-7-15-8-12(11)5-13/h1-3,6,11-13,15H,4-5,7-9H2. The molecule has 1 N–H and O–H groups in total. The summed E-state index contributed by atoms with van der Waals surface area (Å²) in [6, 6.07) is 4.04. The van der Waals surface area contributed by atoms with Crippen LogP contribution in [0.3, 0.4) is 0 Å². The van der Waals surface area contributed by atoms with Crippen molar-refractivity contribution in [1.29, 1.82) is 0 Å². The second-order valence-corrected chi connectivity index (χ2v) is 4.94. The van der Waals surface area contributed by atoms with Crippen molar-refractivity contribution >= 4 is 0 Å². The van der Waals surface area contributed by atoms with Crippen LogP contribution in [0.5, 0.6) is 0 Å². The molecule has 3 heteroatoms. The molecule has 86 valence electrons. The van der Waals surface area contributed by atoms with E-state index >= 15 is 0 Å². The highest BCUT2D eigenvalue weighted by molar-refractivity contribution is 5.07. The van der Waals surface area contributed by atoms with Crippen molar-refractivity contribution in [2.75, 3.05) is 13.1 Å². The lowest BCUT2D eigenvalue weighted by atomic mass is 10.0. The average molecular weight is 218 g/mol. The van der Waals surface area contributed by atoms with E-state index in [0.29, 0.717) is 12.7 Å². The number of ether oxygens (including phenoxy) is 1. The number of fused-ring (bicyclic) bond motifs is 1. The van der Waals surface area contributed by atoms with Gasteiger partial charge >= 0.3 is 0 Å². The lowest BCUT2D eigenvalue weighted by Crippen LogP contribution is -2.16. The van der Waals surface area contributed by atoms with Crippen LogP contribution in [0.4, 0.5) is 0 Å². The number of nitrogens with one attached hydrogen (secondary N) is 1. The predicted molar refractivity (Wildman–Crippen MR) is 61.9 cm³/mol. The molecule has 0 spiro atoms. The topological polar surface area (TPSA) is 34.1 Å². The van der Waals surface area contributed by atoms with E-state index in [1.807, 2.05) is 12.3 Å². The van der Waals surface area contributed by atoms with Crippen LogP contribution in [0, 0.1) is 11.8 Å². The Morgan fingerprint density at radius 2 is 2.12 bits per heavy atom. The molecule has 1 aromatic rings. The van der Waals surface area contributed by atoms with Gasteiger partial charge in [0.25, 0.3) is 0 Å². The molecule has 2 atom stereocenters. The fraction of sp³-hybridized carbons (Fsp3) is 0.615. The minimum atomic E-state index is 0.470. The molecule has 2 fully saturated rings. The predicted octanol–water partition coefficient (Wildman–Crippen LogP) is 1.60. The van der Waals surface area contributed by atoms with E-state index < -0.39 is 0 Å². The van der Waals surface area contributed by atoms with Crippen LogP contribution < -0.4 is 5.32 Å². The van der Waals surface area contributed by atoms with E-state index in [1.54, 1.807) is 6.20 Å². The van der Waals surface area contributed by atoms with E-state index in [0.717, 1.165) is 11.8 Å². The third-order valence-corrected chi connectivity index (χ3v) is 3.82. The number of hydrogen-bond acceptors (Lipinski definition) is 3. The number of hydrogen-bond donors (Lipinski definition) is 1. The first-order valence-corrected chi connectivity index (χ1v) is 6.13. The Labute approximate surface area is 96.2 Å². The summed E-state index contributed by atoms with van der Waals surface area (Å²) in [4.78, 5) is 4.10. The van der Waals surface area contributed by atoms with Crippen LogP contribution in [0.15, 0.2) is 24.5 Å². The van der Waals surface area contributed by atoms with E-state index in [1.165, 1.54) is 31.5 Å². The van der Waals surface area contributed by atoms with Gasteiger partial charge in [-0.2, -0.15) is 0 Å². The van der Waals surface area contributed by atoms with Crippen molar-refractivity contribution in [3.8, 4) is 0 Å². The first-order valence-electron chi connectivity index (χ1n) is 6.13. The molecule has 3 nitrogen and oxygen atoms in total. The monoisotopic (exact) mass is 218 g/mol. The highest BCUT2D eigenvalue weighted by Crippen LogP contribution is 2.36. The molecule has 1 aromatic heterocycles. The minimum Gasteiger partial charge on any atom is -0.373 e. The molecular weight excluding hydrogens is 200 g/mol. The summed E-state index contributed by atoms with van der Waals surface area (Å²) in [5.74, 6) is 1.72. The van der Waals surface area contributed by atoms with Gasteiger partial charge in [0, 0.05) is 12.4 Å². The lowest BCUT2D eigenvalue weighted by molar-refractivity contribution is 0.0403. The van der Waals surface area contributed by atoms with Crippen LogP contribution in [-0.4, -0.2) is 24.2 Å². The molecule has 3 rings (SSSR count). The maximum atomic E-state index is 5.96. The van der Waals surface area contributed by atoms with Gasteiger partial charge in [-0.1, -0.05) is 6.07 Å². The zero-order valence-corrected chi connectivity index (χ0v) is 9.43. The summed E-state index contributed by atoms with van der Waals surface area (Å²) in [7, 11) is 0. The van der Waals surface area contributed by atoms with E-state index in [9.17, 15) is 0 Å². The first kappa shape index (κ1) is 10.2. The highest BCUT2D eigenvalue weighted by atomic mass is 16.5. The van der Waals surface area contributed by atoms with Crippen LogP contribution in [-0.2, 0) is 11.3 Å².